The number of hydrogen-bond acceptors (Lipinski definition) is 3. The van der Waals surface area contributed by atoms with E-state index in [9.17, 15) is 0 Å². The highest BCUT2D eigenvalue weighted by molar-refractivity contribution is 5.32. The van der Waals surface area contributed by atoms with Crippen molar-refractivity contribution >= 4 is 0 Å². The Morgan fingerprint density at radius 3 is 2.67 bits per heavy atom. The van der Waals surface area contributed by atoms with Gasteiger partial charge in [-0.25, -0.2) is 0 Å². The summed E-state index contributed by atoms with van der Waals surface area (Å²) in [4.78, 5) is 0. The van der Waals surface area contributed by atoms with Gasteiger partial charge in [-0.15, -0.1) is 6.58 Å². The second kappa shape index (κ2) is 5.97. The number of nitriles is 1. The Kier molecular flexibility index (Phi) is 4.55. The Morgan fingerprint density at radius 2 is 2.13 bits per heavy atom. The lowest BCUT2D eigenvalue weighted by Gasteiger charge is -2.11. The fourth-order valence-corrected chi connectivity index (χ4v) is 1.18. The quantitative estimate of drug-likeness (QED) is 0.584. The van der Waals surface area contributed by atoms with Gasteiger partial charge in [0.2, 0.25) is 0 Å². The largest absolute Gasteiger partial charge is 0.375 e. The van der Waals surface area contributed by atoms with Gasteiger partial charge in [0.1, 0.15) is 0 Å². The van der Waals surface area contributed by atoms with Crippen molar-refractivity contribution in [2.45, 2.75) is 6.04 Å². The molecule has 0 heterocycles. The summed E-state index contributed by atoms with van der Waals surface area (Å²) in [6.07, 6.45) is 1.69. The molecule has 0 saturated carbocycles. The molecule has 0 aliphatic rings. The lowest BCUT2D eigenvalue weighted by molar-refractivity contribution is 0.147. The first-order valence-electron chi connectivity index (χ1n) is 4.72. The molecule has 0 saturated heterocycles. The van der Waals surface area contributed by atoms with E-state index < -0.39 is 0 Å². The van der Waals surface area contributed by atoms with Gasteiger partial charge in [0.05, 0.1) is 30.9 Å². The SMILES string of the molecule is C=CCOCC(N)c1ccc(C#N)cc1. The molecule has 0 fully saturated rings. The van der Waals surface area contributed by atoms with Crippen molar-refractivity contribution in [2.75, 3.05) is 13.2 Å². The van der Waals surface area contributed by atoms with E-state index in [2.05, 4.69) is 12.6 Å². The van der Waals surface area contributed by atoms with Crippen molar-refractivity contribution in [3.63, 3.8) is 0 Å². The molecule has 3 heteroatoms. The van der Waals surface area contributed by atoms with Crippen molar-refractivity contribution in [1.29, 1.82) is 5.26 Å². The van der Waals surface area contributed by atoms with Crippen molar-refractivity contribution < 1.29 is 4.74 Å². The number of rotatable bonds is 5. The zero-order valence-electron chi connectivity index (χ0n) is 8.52. The number of ether oxygens (including phenoxy) is 1. The van der Waals surface area contributed by atoms with E-state index >= 15 is 0 Å². The van der Waals surface area contributed by atoms with Gasteiger partial charge in [0, 0.05) is 0 Å². The molecule has 1 unspecified atom stereocenters. The Bertz CT molecular complexity index is 351. The van der Waals surface area contributed by atoms with Crippen molar-refractivity contribution in [1.82, 2.24) is 0 Å². The summed E-state index contributed by atoms with van der Waals surface area (Å²) in [5.74, 6) is 0. The molecule has 1 aromatic rings. The molecule has 0 amide bonds. The predicted molar refractivity (Wildman–Crippen MR) is 59.1 cm³/mol. The normalized spacial score (nSPS) is 11.7. The molecule has 3 nitrogen and oxygen atoms in total. The minimum Gasteiger partial charge on any atom is -0.375 e. The van der Waals surface area contributed by atoms with Gasteiger partial charge in [-0.3, -0.25) is 0 Å². The maximum Gasteiger partial charge on any atom is 0.0991 e. The standard InChI is InChI=1S/C12H14N2O/c1-2-7-15-9-12(14)11-5-3-10(8-13)4-6-11/h2-6,12H,1,7,9,14H2. The number of hydrogen-bond donors (Lipinski definition) is 1. The van der Waals surface area contributed by atoms with Crippen LogP contribution in [0.15, 0.2) is 36.9 Å². The molecule has 1 rings (SSSR count). The first-order chi connectivity index (χ1) is 7.27. The van der Waals surface area contributed by atoms with E-state index in [1.165, 1.54) is 0 Å². The lowest BCUT2D eigenvalue weighted by Crippen LogP contribution is -2.17. The average molecular weight is 202 g/mol. The van der Waals surface area contributed by atoms with E-state index in [4.69, 9.17) is 15.7 Å². The Balaban J connectivity index is 2.54. The predicted octanol–water partition coefficient (Wildman–Crippen LogP) is 1.76. The van der Waals surface area contributed by atoms with E-state index in [-0.39, 0.29) is 6.04 Å². The summed E-state index contributed by atoms with van der Waals surface area (Å²) in [6.45, 7) is 4.51. The van der Waals surface area contributed by atoms with Crippen LogP contribution in [0.25, 0.3) is 0 Å². The maximum absolute atomic E-state index is 8.62. The third-order valence-electron chi connectivity index (χ3n) is 2.00. The van der Waals surface area contributed by atoms with Gasteiger partial charge in [0.25, 0.3) is 0 Å². The van der Waals surface area contributed by atoms with Gasteiger partial charge < -0.3 is 10.5 Å². The van der Waals surface area contributed by atoms with Crippen LogP contribution in [-0.4, -0.2) is 13.2 Å². The van der Waals surface area contributed by atoms with Crippen LogP contribution in [0.5, 0.6) is 0 Å². The zero-order valence-corrected chi connectivity index (χ0v) is 8.52. The first-order valence-corrected chi connectivity index (χ1v) is 4.72. The third kappa shape index (κ3) is 3.55. The number of benzene rings is 1. The smallest absolute Gasteiger partial charge is 0.0991 e. The number of nitrogens with zero attached hydrogens (tertiary/aromatic N) is 1. The molecule has 78 valence electrons. The summed E-state index contributed by atoms with van der Waals surface area (Å²) in [5, 5.41) is 8.62. The van der Waals surface area contributed by atoms with E-state index in [1.54, 1.807) is 18.2 Å². The topological polar surface area (TPSA) is 59.0 Å². The zero-order chi connectivity index (χ0) is 11.1. The summed E-state index contributed by atoms with van der Waals surface area (Å²) < 4.78 is 5.25. The van der Waals surface area contributed by atoms with Crippen molar-refractivity contribution in [3.05, 3.63) is 48.0 Å². The maximum atomic E-state index is 8.62. The molecule has 1 atom stereocenters. The molecule has 1 aromatic carbocycles. The highest BCUT2D eigenvalue weighted by atomic mass is 16.5. The highest BCUT2D eigenvalue weighted by Gasteiger charge is 2.05. The Hall–Kier alpha value is -1.63. The minimum absolute atomic E-state index is 0.155. The molecule has 0 spiro atoms. The van der Waals surface area contributed by atoms with Crippen LogP contribution in [0.3, 0.4) is 0 Å². The second-order valence-electron chi connectivity index (χ2n) is 3.17. The monoisotopic (exact) mass is 202 g/mol. The van der Waals surface area contributed by atoms with Crippen LogP contribution in [0.1, 0.15) is 17.2 Å². The highest BCUT2D eigenvalue weighted by Crippen LogP contribution is 2.11. The summed E-state index contributed by atoms with van der Waals surface area (Å²) in [6, 6.07) is 9.11. The van der Waals surface area contributed by atoms with Crippen LogP contribution in [0.2, 0.25) is 0 Å². The van der Waals surface area contributed by atoms with Crippen LogP contribution in [0, 0.1) is 11.3 Å². The lowest BCUT2D eigenvalue weighted by atomic mass is 10.1. The first kappa shape index (κ1) is 11.4. The molecule has 0 aromatic heterocycles. The summed E-state index contributed by atoms with van der Waals surface area (Å²) in [5.41, 5.74) is 7.49. The van der Waals surface area contributed by atoms with Crippen LogP contribution < -0.4 is 5.73 Å². The number of nitrogens with two attached hydrogens (primary N) is 1. The molecule has 0 aliphatic carbocycles. The van der Waals surface area contributed by atoms with Gasteiger partial charge in [-0.1, -0.05) is 18.2 Å². The average Bonchev–Trinajstić information content (AvgIpc) is 2.29. The molecule has 15 heavy (non-hydrogen) atoms. The molecule has 2 N–H and O–H groups in total. The Labute approximate surface area is 89.8 Å². The van der Waals surface area contributed by atoms with Crippen LogP contribution in [0.4, 0.5) is 0 Å². The third-order valence-corrected chi connectivity index (χ3v) is 2.00. The van der Waals surface area contributed by atoms with Gasteiger partial charge in [-0.2, -0.15) is 5.26 Å². The van der Waals surface area contributed by atoms with E-state index in [1.807, 2.05) is 12.1 Å². The van der Waals surface area contributed by atoms with Gasteiger partial charge in [0.15, 0.2) is 0 Å². The molecule has 0 aliphatic heterocycles. The Morgan fingerprint density at radius 1 is 1.47 bits per heavy atom. The second-order valence-corrected chi connectivity index (χ2v) is 3.17. The summed E-state index contributed by atoms with van der Waals surface area (Å²) >= 11 is 0. The molecular weight excluding hydrogens is 188 g/mol. The fraction of sp³-hybridized carbons (Fsp3) is 0.250. The van der Waals surface area contributed by atoms with E-state index in [0.29, 0.717) is 18.8 Å². The van der Waals surface area contributed by atoms with Gasteiger partial charge in [-0.05, 0) is 17.7 Å². The van der Waals surface area contributed by atoms with E-state index in [0.717, 1.165) is 5.56 Å². The van der Waals surface area contributed by atoms with Crippen LogP contribution >= 0.6 is 0 Å². The molecule has 0 bridgehead atoms. The van der Waals surface area contributed by atoms with Gasteiger partial charge >= 0.3 is 0 Å². The van der Waals surface area contributed by atoms with Crippen molar-refractivity contribution in [2.24, 2.45) is 5.73 Å². The van der Waals surface area contributed by atoms with Crippen molar-refractivity contribution in [3.8, 4) is 6.07 Å². The van der Waals surface area contributed by atoms with Crippen LogP contribution in [-0.2, 0) is 4.74 Å². The minimum atomic E-state index is -0.155. The molecular formula is C12H14N2O. The fourth-order valence-electron chi connectivity index (χ4n) is 1.18. The molecule has 0 radical (unpaired) electrons. The summed E-state index contributed by atoms with van der Waals surface area (Å²) in [7, 11) is 0.